The first kappa shape index (κ1) is 13.8. The van der Waals surface area contributed by atoms with E-state index in [1.54, 1.807) is 0 Å². The second-order valence-corrected chi connectivity index (χ2v) is 3.35. The summed E-state index contributed by atoms with van der Waals surface area (Å²) in [5.41, 5.74) is -2.84. The molecule has 96 valence electrons. The molecule has 7 heteroatoms. The fourth-order valence-corrected chi connectivity index (χ4v) is 1.27. The predicted molar refractivity (Wildman–Crippen MR) is 47.2 cm³/mol. The van der Waals surface area contributed by atoms with Crippen LogP contribution in [0.2, 0.25) is 0 Å². The number of benzene rings is 1. The summed E-state index contributed by atoms with van der Waals surface area (Å²) in [5.74, 6) is 0. The summed E-state index contributed by atoms with van der Waals surface area (Å²) in [6.07, 6.45) is -9.63. The smallest absolute Gasteiger partial charge is 0.380 e. The normalized spacial score (nSPS) is 12.9. The molecule has 0 bridgehead atoms. The highest BCUT2D eigenvalue weighted by molar-refractivity contribution is 5.33. The van der Waals surface area contributed by atoms with Gasteiger partial charge >= 0.3 is 12.4 Å². The van der Waals surface area contributed by atoms with E-state index < -0.39 is 23.5 Å². The summed E-state index contributed by atoms with van der Waals surface area (Å²) in [6.45, 7) is -0.313. The molecule has 0 unspecified atom stereocenters. The molecule has 0 saturated carbocycles. The van der Waals surface area contributed by atoms with Crippen LogP contribution in [0.5, 0.6) is 0 Å². The van der Waals surface area contributed by atoms with Crippen LogP contribution in [0.1, 0.15) is 16.7 Å². The topological polar surface area (TPSA) is 9.23 Å². The van der Waals surface area contributed by atoms with Crippen molar-refractivity contribution in [2.45, 2.75) is 19.0 Å². The lowest BCUT2D eigenvalue weighted by atomic mass is 10.1. The Morgan fingerprint density at radius 3 is 1.59 bits per heavy atom. The number of halogens is 6. The molecule has 0 aliphatic rings. The number of hydrogen-bond donors (Lipinski definition) is 0. The zero-order valence-corrected chi connectivity index (χ0v) is 8.62. The zero-order chi connectivity index (χ0) is 13.3. The fraction of sp³-hybridized carbons (Fsp3) is 0.400. The molecular weight excluding hydrogens is 250 g/mol. The minimum absolute atomic E-state index is 0.0825. The summed E-state index contributed by atoms with van der Waals surface area (Å²) in [4.78, 5) is 0. The van der Waals surface area contributed by atoms with Crippen LogP contribution in [0.3, 0.4) is 0 Å². The minimum Gasteiger partial charge on any atom is -0.380 e. The second-order valence-electron chi connectivity index (χ2n) is 3.35. The Kier molecular flexibility index (Phi) is 3.71. The van der Waals surface area contributed by atoms with Crippen LogP contribution in [-0.2, 0) is 23.7 Å². The van der Waals surface area contributed by atoms with Crippen LogP contribution in [-0.4, -0.2) is 7.11 Å². The maximum Gasteiger partial charge on any atom is 0.416 e. The third-order valence-corrected chi connectivity index (χ3v) is 1.96. The maximum atomic E-state index is 12.4. The van der Waals surface area contributed by atoms with E-state index in [1.807, 2.05) is 0 Å². The fourth-order valence-electron chi connectivity index (χ4n) is 1.27. The van der Waals surface area contributed by atoms with Crippen molar-refractivity contribution >= 4 is 0 Å². The molecule has 0 spiro atoms. The number of alkyl halides is 6. The molecule has 0 atom stereocenters. The molecule has 1 rings (SSSR count). The SMILES string of the molecule is COCc1cc(C(F)(F)F)cc(C(F)(F)F)c1. The van der Waals surface area contributed by atoms with Gasteiger partial charge in [-0.1, -0.05) is 0 Å². The molecule has 1 aromatic carbocycles. The molecule has 0 amide bonds. The van der Waals surface area contributed by atoms with Crippen molar-refractivity contribution in [3.05, 3.63) is 34.9 Å². The van der Waals surface area contributed by atoms with E-state index in [0.717, 1.165) is 0 Å². The van der Waals surface area contributed by atoms with E-state index in [-0.39, 0.29) is 18.2 Å². The number of hydrogen-bond acceptors (Lipinski definition) is 1. The van der Waals surface area contributed by atoms with Gasteiger partial charge in [0.1, 0.15) is 0 Å². The van der Waals surface area contributed by atoms with E-state index in [4.69, 9.17) is 0 Å². The summed E-state index contributed by atoms with van der Waals surface area (Å²) < 4.78 is 78.7. The molecule has 1 nitrogen and oxygen atoms in total. The van der Waals surface area contributed by atoms with Gasteiger partial charge in [0.2, 0.25) is 0 Å². The van der Waals surface area contributed by atoms with Gasteiger partial charge in [0.05, 0.1) is 17.7 Å². The molecule has 0 fully saturated rings. The van der Waals surface area contributed by atoms with E-state index in [2.05, 4.69) is 4.74 Å². The number of methoxy groups -OCH3 is 1. The van der Waals surface area contributed by atoms with Gasteiger partial charge in [0.25, 0.3) is 0 Å². The van der Waals surface area contributed by atoms with Gasteiger partial charge in [-0.05, 0) is 23.8 Å². The highest BCUT2D eigenvalue weighted by Gasteiger charge is 2.36. The predicted octanol–water partition coefficient (Wildman–Crippen LogP) is 3.87. The van der Waals surface area contributed by atoms with Gasteiger partial charge in [-0.2, -0.15) is 26.3 Å². The van der Waals surface area contributed by atoms with Crippen molar-refractivity contribution in [2.24, 2.45) is 0 Å². The van der Waals surface area contributed by atoms with Crippen molar-refractivity contribution < 1.29 is 31.1 Å². The lowest BCUT2D eigenvalue weighted by Crippen LogP contribution is -2.12. The molecule has 0 N–H and O–H groups in total. The van der Waals surface area contributed by atoms with Crippen molar-refractivity contribution in [3.63, 3.8) is 0 Å². The lowest BCUT2D eigenvalue weighted by Gasteiger charge is -2.13. The van der Waals surface area contributed by atoms with Gasteiger partial charge in [-0.25, -0.2) is 0 Å². The zero-order valence-electron chi connectivity index (χ0n) is 8.62. The molecule has 0 aromatic heterocycles. The highest BCUT2D eigenvalue weighted by atomic mass is 19.4. The first-order valence-electron chi connectivity index (χ1n) is 4.42. The third-order valence-electron chi connectivity index (χ3n) is 1.96. The first-order chi connectivity index (χ1) is 7.64. The average Bonchev–Trinajstić information content (AvgIpc) is 2.15. The van der Waals surface area contributed by atoms with Crippen LogP contribution in [0.25, 0.3) is 0 Å². The van der Waals surface area contributed by atoms with Gasteiger partial charge in [-0.15, -0.1) is 0 Å². The molecule has 0 radical (unpaired) electrons. The molecule has 17 heavy (non-hydrogen) atoms. The molecule has 1 aromatic rings. The standard InChI is InChI=1S/C10H8F6O/c1-17-5-6-2-7(9(11,12)13)4-8(3-6)10(14,15)16/h2-4H,5H2,1H3. The quantitative estimate of drug-likeness (QED) is 0.731. The summed E-state index contributed by atoms with van der Waals surface area (Å²) in [7, 11) is 1.19. The van der Waals surface area contributed by atoms with Crippen LogP contribution in [0.15, 0.2) is 18.2 Å². The molecule has 0 saturated heterocycles. The van der Waals surface area contributed by atoms with Gasteiger partial charge in [0, 0.05) is 7.11 Å². The maximum absolute atomic E-state index is 12.4. The largest absolute Gasteiger partial charge is 0.416 e. The van der Waals surface area contributed by atoms with Crippen molar-refractivity contribution in [1.82, 2.24) is 0 Å². The Morgan fingerprint density at radius 1 is 0.882 bits per heavy atom. The Labute approximate surface area is 93.0 Å². The van der Waals surface area contributed by atoms with E-state index >= 15 is 0 Å². The summed E-state index contributed by atoms with van der Waals surface area (Å²) >= 11 is 0. The van der Waals surface area contributed by atoms with E-state index in [9.17, 15) is 26.3 Å². The highest BCUT2D eigenvalue weighted by Crippen LogP contribution is 2.36. The number of rotatable bonds is 2. The van der Waals surface area contributed by atoms with E-state index in [1.165, 1.54) is 7.11 Å². The van der Waals surface area contributed by atoms with Gasteiger partial charge in [-0.3, -0.25) is 0 Å². The van der Waals surface area contributed by atoms with Crippen LogP contribution >= 0.6 is 0 Å². The average molecular weight is 258 g/mol. The summed E-state index contributed by atoms with van der Waals surface area (Å²) in [5, 5.41) is 0. The molecular formula is C10H8F6O. The van der Waals surface area contributed by atoms with Crippen molar-refractivity contribution in [1.29, 1.82) is 0 Å². The Balaban J connectivity index is 3.29. The van der Waals surface area contributed by atoms with Crippen LogP contribution in [0, 0.1) is 0 Å². The number of ether oxygens (including phenoxy) is 1. The second kappa shape index (κ2) is 4.56. The van der Waals surface area contributed by atoms with Crippen LogP contribution < -0.4 is 0 Å². The molecule has 0 aliphatic carbocycles. The Bertz CT molecular complexity index is 361. The molecule has 0 heterocycles. The Morgan fingerprint density at radius 2 is 1.29 bits per heavy atom. The first-order valence-corrected chi connectivity index (χ1v) is 4.42. The van der Waals surface area contributed by atoms with Crippen molar-refractivity contribution in [2.75, 3.05) is 7.11 Å². The Hall–Kier alpha value is -1.24. The third kappa shape index (κ3) is 3.62. The van der Waals surface area contributed by atoms with Gasteiger partial charge < -0.3 is 4.74 Å². The lowest BCUT2D eigenvalue weighted by molar-refractivity contribution is -0.143. The van der Waals surface area contributed by atoms with Crippen LogP contribution in [0.4, 0.5) is 26.3 Å². The summed E-state index contributed by atoms with van der Waals surface area (Å²) in [6, 6.07) is 1.36. The van der Waals surface area contributed by atoms with Gasteiger partial charge in [0.15, 0.2) is 0 Å². The van der Waals surface area contributed by atoms with Crippen molar-refractivity contribution in [3.8, 4) is 0 Å². The monoisotopic (exact) mass is 258 g/mol. The molecule has 0 aliphatic heterocycles. The minimum atomic E-state index is -4.82. The van der Waals surface area contributed by atoms with E-state index in [0.29, 0.717) is 12.1 Å².